The van der Waals surface area contributed by atoms with Gasteiger partial charge in [-0.2, -0.15) is 0 Å². The van der Waals surface area contributed by atoms with Crippen LogP contribution in [0.15, 0.2) is 48.5 Å². The van der Waals surface area contributed by atoms with Crippen molar-refractivity contribution in [2.24, 2.45) is 0 Å². The van der Waals surface area contributed by atoms with Gasteiger partial charge < -0.3 is 10.4 Å². The lowest BCUT2D eigenvalue weighted by Gasteiger charge is -2.15. The molecule has 2 heteroatoms. The second kappa shape index (κ2) is 5.45. The Bertz CT molecular complexity index is 550. The Hall–Kier alpha value is -1.80. The van der Waals surface area contributed by atoms with Gasteiger partial charge in [0.05, 0.1) is 6.10 Å². The van der Waals surface area contributed by atoms with Crippen molar-refractivity contribution in [1.29, 1.82) is 0 Å². The Kier molecular flexibility index (Phi) is 3.51. The molecule has 0 amide bonds. The van der Waals surface area contributed by atoms with Crippen molar-refractivity contribution < 1.29 is 5.11 Å². The molecule has 2 aromatic carbocycles. The van der Waals surface area contributed by atoms with E-state index in [-0.39, 0.29) is 6.10 Å². The minimum absolute atomic E-state index is 0.388. The van der Waals surface area contributed by atoms with Crippen LogP contribution < -0.4 is 5.32 Å². The largest absolute Gasteiger partial charge is 0.388 e. The summed E-state index contributed by atoms with van der Waals surface area (Å²) in [6.07, 6.45) is 2.35. The molecule has 1 atom stereocenters. The molecule has 2 N–H and O–H groups in total. The van der Waals surface area contributed by atoms with Gasteiger partial charge in [0.2, 0.25) is 0 Å². The first-order chi connectivity index (χ1) is 9.34. The van der Waals surface area contributed by atoms with E-state index in [1.54, 1.807) is 0 Å². The molecule has 2 nitrogen and oxygen atoms in total. The minimum atomic E-state index is -0.388. The number of fused-ring (bicyclic) bond motifs is 1. The fourth-order valence-corrected chi connectivity index (χ4v) is 2.75. The average molecular weight is 253 g/mol. The van der Waals surface area contributed by atoms with Crippen LogP contribution in [0, 0.1) is 0 Å². The Morgan fingerprint density at radius 2 is 1.89 bits per heavy atom. The Morgan fingerprint density at radius 1 is 1.05 bits per heavy atom. The average Bonchev–Trinajstić information content (AvgIpc) is 2.94. The third-order valence-electron chi connectivity index (χ3n) is 3.79. The first-order valence-corrected chi connectivity index (χ1v) is 6.92. The molecule has 2 aromatic rings. The fraction of sp³-hybridized carbons (Fsp3) is 0.294. The maximum atomic E-state index is 10.4. The van der Waals surface area contributed by atoms with E-state index in [4.69, 9.17) is 0 Å². The molecule has 1 unspecified atom stereocenters. The van der Waals surface area contributed by atoms with E-state index in [1.807, 2.05) is 30.3 Å². The monoisotopic (exact) mass is 253 g/mol. The molecular weight excluding hydrogens is 234 g/mol. The summed E-state index contributed by atoms with van der Waals surface area (Å²) in [7, 11) is 0. The smallest absolute Gasteiger partial charge is 0.0813 e. The lowest BCUT2D eigenvalue weighted by atomic mass is 9.98. The number of hydrogen-bond donors (Lipinski definition) is 2. The molecule has 3 rings (SSSR count). The predicted molar refractivity (Wildman–Crippen MR) is 78.4 cm³/mol. The van der Waals surface area contributed by atoms with Gasteiger partial charge in [0.1, 0.15) is 0 Å². The first kappa shape index (κ1) is 12.2. The Labute approximate surface area is 114 Å². The molecule has 98 valence electrons. The van der Waals surface area contributed by atoms with Gasteiger partial charge in [0.25, 0.3) is 0 Å². The molecule has 0 spiro atoms. The van der Waals surface area contributed by atoms with Crippen LogP contribution in [0.1, 0.15) is 29.2 Å². The SMILES string of the molecule is OC(CCc1ccccc1)c1cccc2c1NCC2. The highest BCUT2D eigenvalue weighted by molar-refractivity contribution is 5.61. The van der Waals surface area contributed by atoms with Gasteiger partial charge in [-0.1, -0.05) is 48.5 Å². The second-order valence-corrected chi connectivity index (χ2v) is 5.10. The summed E-state index contributed by atoms with van der Waals surface area (Å²) >= 11 is 0. The third-order valence-corrected chi connectivity index (χ3v) is 3.79. The Balaban J connectivity index is 1.71. The predicted octanol–water partition coefficient (Wildman–Crippen LogP) is 3.32. The highest BCUT2D eigenvalue weighted by Crippen LogP contribution is 2.32. The summed E-state index contributed by atoms with van der Waals surface area (Å²) < 4.78 is 0. The van der Waals surface area contributed by atoms with Crippen molar-refractivity contribution in [2.75, 3.05) is 11.9 Å². The number of anilines is 1. The van der Waals surface area contributed by atoms with Crippen LogP contribution in [0.3, 0.4) is 0 Å². The second-order valence-electron chi connectivity index (χ2n) is 5.10. The lowest BCUT2D eigenvalue weighted by molar-refractivity contribution is 0.168. The van der Waals surface area contributed by atoms with E-state index in [2.05, 4.69) is 23.5 Å². The van der Waals surface area contributed by atoms with E-state index in [9.17, 15) is 5.11 Å². The molecule has 1 aliphatic heterocycles. The summed E-state index contributed by atoms with van der Waals surface area (Å²) in [6.45, 7) is 0.984. The zero-order valence-corrected chi connectivity index (χ0v) is 11.0. The summed E-state index contributed by atoms with van der Waals surface area (Å²) in [5, 5.41) is 13.8. The fourth-order valence-electron chi connectivity index (χ4n) is 2.75. The van der Waals surface area contributed by atoms with Crippen LogP contribution in [0.4, 0.5) is 5.69 Å². The highest BCUT2D eigenvalue weighted by Gasteiger charge is 2.18. The van der Waals surface area contributed by atoms with Gasteiger partial charge in [0, 0.05) is 17.8 Å². The number of aliphatic hydroxyl groups is 1. The number of nitrogens with one attached hydrogen (secondary N) is 1. The van der Waals surface area contributed by atoms with Gasteiger partial charge in [-0.25, -0.2) is 0 Å². The van der Waals surface area contributed by atoms with Crippen LogP contribution in [0.5, 0.6) is 0 Å². The van der Waals surface area contributed by atoms with Gasteiger partial charge in [-0.05, 0) is 30.4 Å². The van der Waals surface area contributed by atoms with Gasteiger partial charge in [0.15, 0.2) is 0 Å². The number of aliphatic hydroxyl groups excluding tert-OH is 1. The van der Waals surface area contributed by atoms with Crippen LogP contribution in [0.2, 0.25) is 0 Å². The van der Waals surface area contributed by atoms with Gasteiger partial charge >= 0.3 is 0 Å². The maximum absolute atomic E-state index is 10.4. The van der Waals surface area contributed by atoms with Gasteiger partial charge in [-0.3, -0.25) is 0 Å². The standard InChI is InChI=1S/C17H19NO/c19-16(10-9-13-5-2-1-3-6-13)15-8-4-7-14-11-12-18-17(14)15/h1-8,16,18-19H,9-12H2. The zero-order chi connectivity index (χ0) is 13.1. The van der Waals surface area contributed by atoms with Crippen molar-refractivity contribution in [2.45, 2.75) is 25.4 Å². The number of rotatable bonds is 4. The van der Waals surface area contributed by atoms with E-state index < -0.39 is 0 Å². The van der Waals surface area contributed by atoms with Crippen LogP contribution in [-0.2, 0) is 12.8 Å². The van der Waals surface area contributed by atoms with E-state index in [0.717, 1.165) is 37.1 Å². The summed E-state index contributed by atoms with van der Waals surface area (Å²) in [5.74, 6) is 0. The summed E-state index contributed by atoms with van der Waals surface area (Å²) in [5.41, 5.74) is 4.81. The molecule has 0 radical (unpaired) electrons. The number of benzene rings is 2. The summed E-state index contributed by atoms with van der Waals surface area (Å²) in [6, 6.07) is 16.6. The van der Waals surface area contributed by atoms with Crippen LogP contribution in [-0.4, -0.2) is 11.7 Å². The minimum Gasteiger partial charge on any atom is -0.388 e. The third kappa shape index (κ3) is 2.64. The Morgan fingerprint density at radius 3 is 2.74 bits per heavy atom. The number of aryl methyl sites for hydroxylation is 1. The zero-order valence-electron chi connectivity index (χ0n) is 11.0. The number of hydrogen-bond acceptors (Lipinski definition) is 2. The van der Waals surface area contributed by atoms with Crippen LogP contribution >= 0.6 is 0 Å². The number of para-hydroxylation sites is 1. The highest BCUT2D eigenvalue weighted by atomic mass is 16.3. The van der Waals surface area contributed by atoms with Crippen molar-refractivity contribution in [1.82, 2.24) is 0 Å². The van der Waals surface area contributed by atoms with Gasteiger partial charge in [-0.15, -0.1) is 0 Å². The molecule has 19 heavy (non-hydrogen) atoms. The van der Waals surface area contributed by atoms with E-state index in [0.29, 0.717) is 0 Å². The van der Waals surface area contributed by atoms with Crippen molar-refractivity contribution in [3.8, 4) is 0 Å². The van der Waals surface area contributed by atoms with Crippen LogP contribution in [0.25, 0.3) is 0 Å². The molecule has 0 fully saturated rings. The topological polar surface area (TPSA) is 32.3 Å². The van der Waals surface area contributed by atoms with E-state index in [1.165, 1.54) is 11.1 Å². The molecular formula is C17H19NO. The molecule has 0 bridgehead atoms. The normalized spacial score (nSPS) is 14.8. The molecule has 1 heterocycles. The molecule has 0 aromatic heterocycles. The molecule has 0 saturated carbocycles. The van der Waals surface area contributed by atoms with E-state index >= 15 is 0 Å². The van der Waals surface area contributed by atoms with Crippen molar-refractivity contribution in [3.05, 3.63) is 65.2 Å². The first-order valence-electron chi connectivity index (χ1n) is 6.92. The molecule has 1 aliphatic rings. The maximum Gasteiger partial charge on any atom is 0.0813 e. The molecule has 0 saturated heterocycles. The van der Waals surface area contributed by atoms with Crippen molar-refractivity contribution >= 4 is 5.69 Å². The molecule has 0 aliphatic carbocycles. The van der Waals surface area contributed by atoms with Crippen molar-refractivity contribution in [3.63, 3.8) is 0 Å². The quantitative estimate of drug-likeness (QED) is 0.876. The summed E-state index contributed by atoms with van der Waals surface area (Å²) in [4.78, 5) is 0. The lowest BCUT2D eigenvalue weighted by Crippen LogP contribution is -2.03.